The Kier molecular flexibility index (Phi) is 6.87. The fourth-order valence-corrected chi connectivity index (χ4v) is 2.98. The van der Waals surface area contributed by atoms with Crippen LogP contribution in [0.1, 0.15) is 41.9 Å². The molecule has 0 bridgehead atoms. The first-order valence-electron chi connectivity index (χ1n) is 8.94. The number of aromatic nitrogens is 2. The van der Waals surface area contributed by atoms with Crippen molar-refractivity contribution < 1.29 is 13.2 Å². The second kappa shape index (κ2) is 8.92. The average Bonchev–Trinajstić information content (AvgIpc) is 2.96. The van der Waals surface area contributed by atoms with E-state index in [0.29, 0.717) is 19.0 Å². The summed E-state index contributed by atoms with van der Waals surface area (Å²) in [6, 6.07) is 5.11. The topological polar surface area (TPSA) is 54.2 Å². The number of aliphatic imine (C=N–C) groups is 1. The molecular formula is C19H26F3N5. The summed E-state index contributed by atoms with van der Waals surface area (Å²) in [6.45, 7) is 5.14. The molecule has 5 nitrogen and oxygen atoms in total. The van der Waals surface area contributed by atoms with Gasteiger partial charge in [-0.3, -0.25) is 9.67 Å². The minimum Gasteiger partial charge on any atom is -0.352 e. The van der Waals surface area contributed by atoms with Crippen LogP contribution >= 0.6 is 0 Å². The minimum absolute atomic E-state index is 0.381. The molecule has 27 heavy (non-hydrogen) atoms. The van der Waals surface area contributed by atoms with Gasteiger partial charge in [0.2, 0.25) is 0 Å². The van der Waals surface area contributed by atoms with Gasteiger partial charge < -0.3 is 10.6 Å². The number of nitrogens with zero attached hydrogens (tertiary/aromatic N) is 3. The highest BCUT2D eigenvalue weighted by molar-refractivity contribution is 5.79. The molecule has 1 aromatic heterocycles. The Bertz CT molecular complexity index is 776. The van der Waals surface area contributed by atoms with E-state index in [0.717, 1.165) is 36.2 Å². The molecule has 8 heteroatoms. The molecule has 0 spiro atoms. The SMILES string of the molecule is CCc1nn(C)c(CC)c1CNC(=NC)NCc1ccc(C(F)(F)F)cc1. The third-order valence-corrected chi connectivity index (χ3v) is 4.43. The highest BCUT2D eigenvalue weighted by Crippen LogP contribution is 2.29. The van der Waals surface area contributed by atoms with Crippen LogP contribution in [0, 0.1) is 0 Å². The second-order valence-electron chi connectivity index (χ2n) is 6.18. The lowest BCUT2D eigenvalue weighted by Gasteiger charge is -2.13. The van der Waals surface area contributed by atoms with E-state index in [-0.39, 0.29) is 0 Å². The van der Waals surface area contributed by atoms with Crippen molar-refractivity contribution in [2.75, 3.05) is 7.05 Å². The predicted octanol–water partition coefficient (Wildman–Crippen LogP) is 3.43. The maximum absolute atomic E-state index is 12.6. The normalized spacial score (nSPS) is 12.3. The molecule has 0 fully saturated rings. The summed E-state index contributed by atoms with van der Waals surface area (Å²) >= 11 is 0. The van der Waals surface area contributed by atoms with Gasteiger partial charge in [-0.15, -0.1) is 0 Å². The molecule has 2 rings (SSSR count). The van der Waals surface area contributed by atoms with Gasteiger partial charge >= 0.3 is 6.18 Å². The number of hydrogen-bond acceptors (Lipinski definition) is 2. The zero-order valence-corrected chi connectivity index (χ0v) is 16.1. The summed E-state index contributed by atoms with van der Waals surface area (Å²) in [4.78, 5) is 4.18. The van der Waals surface area contributed by atoms with Crippen LogP contribution in [0.3, 0.4) is 0 Å². The number of alkyl halides is 3. The van der Waals surface area contributed by atoms with E-state index in [1.807, 2.05) is 11.7 Å². The highest BCUT2D eigenvalue weighted by Gasteiger charge is 2.29. The van der Waals surface area contributed by atoms with E-state index in [4.69, 9.17) is 0 Å². The quantitative estimate of drug-likeness (QED) is 0.595. The molecule has 0 aliphatic heterocycles. The molecule has 2 aromatic rings. The van der Waals surface area contributed by atoms with Crippen molar-refractivity contribution in [1.82, 2.24) is 20.4 Å². The number of hydrogen-bond donors (Lipinski definition) is 2. The van der Waals surface area contributed by atoms with Crippen LogP contribution in [0.2, 0.25) is 0 Å². The van der Waals surface area contributed by atoms with Gasteiger partial charge in [-0.05, 0) is 30.5 Å². The van der Waals surface area contributed by atoms with Crippen molar-refractivity contribution in [1.29, 1.82) is 0 Å². The molecule has 1 aromatic carbocycles. The van der Waals surface area contributed by atoms with E-state index in [1.54, 1.807) is 7.05 Å². The third kappa shape index (κ3) is 5.24. The highest BCUT2D eigenvalue weighted by atomic mass is 19.4. The fourth-order valence-electron chi connectivity index (χ4n) is 2.98. The molecule has 0 radical (unpaired) electrons. The third-order valence-electron chi connectivity index (χ3n) is 4.43. The van der Waals surface area contributed by atoms with Crippen LogP contribution in [0.15, 0.2) is 29.3 Å². The Hall–Kier alpha value is -2.51. The molecular weight excluding hydrogens is 355 g/mol. The summed E-state index contributed by atoms with van der Waals surface area (Å²) in [5, 5.41) is 10.9. The van der Waals surface area contributed by atoms with E-state index >= 15 is 0 Å². The first-order chi connectivity index (χ1) is 12.8. The summed E-state index contributed by atoms with van der Waals surface area (Å²) in [5.74, 6) is 0.586. The van der Waals surface area contributed by atoms with Crippen molar-refractivity contribution >= 4 is 5.96 Å². The lowest BCUT2D eigenvalue weighted by Crippen LogP contribution is -2.36. The van der Waals surface area contributed by atoms with Crippen molar-refractivity contribution in [3.8, 4) is 0 Å². The Morgan fingerprint density at radius 1 is 1.07 bits per heavy atom. The lowest BCUT2D eigenvalue weighted by molar-refractivity contribution is -0.137. The van der Waals surface area contributed by atoms with Gasteiger partial charge in [-0.25, -0.2) is 0 Å². The van der Waals surface area contributed by atoms with Gasteiger partial charge in [-0.2, -0.15) is 18.3 Å². The number of rotatable bonds is 6. The molecule has 0 unspecified atom stereocenters. The number of benzene rings is 1. The predicted molar refractivity (Wildman–Crippen MR) is 100 cm³/mol. The molecule has 0 atom stereocenters. The number of nitrogens with one attached hydrogen (secondary N) is 2. The number of guanidine groups is 1. The van der Waals surface area contributed by atoms with Crippen molar-refractivity contribution in [3.05, 3.63) is 52.3 Å². The van der Waals surface area contributed by atoms with Gasteiger partial charge in [0.05, 0.1) is 11.3 Å². The van der Waals surface area contributed by atoms with Gasteiger partial charge in [0, 0.05) is 38.4 Å². The number of halogens is 3. The van der Waals surface area contributed by atoms with E-state index < -0.39 is 11.7 Å². The zero-order chi connectivity index (χ0) is 20.0. The first-order valence-corrected chi connectivity index (χ1v) is 8.94. The Morgan fingerprint density at radius 2 is 1.70 bits per heavy atom. The smallest absolute Gasteiger partial charge is 0.352 e. The van der Waals surface area contributed by atoms with Gasteiger partial charge in [-0.1, -0.05) is 26.0 Å². The Labute approximate surface area is 157 Å². The molecule has 2 N–H and O–H groups in total. The maximum Gasteiger partial charge on any atom is 0.416 e. The monoisotopic (exact) mass is 381 g/mol. The van der Waals surface area contributed by atoms with Gasteiger partial charge in [0.25, 0.3) is 0 Å². The molecule has 148 valence electrons. The minimum atomic E-state index is -4.32. The van der Waals surface area contributed by atoms with Crippen LogP contribution in [0.5, 0.6) is 0 Å². The van der Waals surface area contributed by atoms with E-state index in [2.05, 4.69) is 34.6 Å². The summed E-state index contributed by atoms with van der Waals surface area (Å²) in [5.41, 5.74) is 3.50. The van der Waals surface area contributed by atoms with Crippen molar-refractivity contribution in [2.24, 2.45) is 12.0 Å². The van der Waals surface area contributed by atoms with E-state index in [9.17, 15) is 13.2 Å². The lowest BCUT2D eigenvalue weighted by atomic mass is 10.1. The van der Waals surface area contributed by atoms with Crippen LogP contribution < -0.4 is 10.6 Å². The van der Waals surface area contributed by atoms with Crippen LogP contribution in [-0.2, 0) is 39.2 Å². The average molecular weight is 381 g/mol. The molecule has 0 saturated heterocycles. The van der Waals surface area contributed by atoms with Gasteiger partial charge in [0.15, 0.2) is 5.96 Å². The Morgan fingerprint density at radius 3 is 2.22 bits per heavy atom. The molecule has 0 aliphatic carbocycles. The van der Waals surface area contributed by atoms with Crippen LogP contribution in [0.25, 0.3) is 0 Å². The first kappa shape index (κ1) is 20.8. The summed E-state index contributed by atoms with van der Waals surface area (Å²) < 4.78 is 39.8. The molecule has 0 aliphatic rings. The molecule has 0 amide bonds. The fraction of sp³-hybridized carbons (Fsp3) is 0.474. The maximum atomic E-state index is 12.6. The summed E-state index contributed by atoms with van der Waals surface area (Å²) in [7, 11) is 3.60. The summed E-state index contributed by atoms with van der Waals surface area (Å²) in [6.07, 6.45) is -2.58. The standard InChI is InChI=1S/C19H26F3N5/c1-5-16-15(17(6-2)27(4)26-16)12-25-18(23-3)24-11-13-7-9-14(10-8-13)19(20,21)22/h7-10H,5-6,11-12H2,1-4H3,(H2,23,24,25). The van der Waals surface area contributed by atoms with E-state index in [1.165, 1.54) is 23.4 Å². The van der Waals surface area contributed by atoms with Crippen LogP contribution in [-0.4, -0.2) is 22.8 Å². The van der Waals surface area contributed by atoms with Crippen molar-refractivity contribution in [3.63, 3.8) is 0 Å². The Balaban J connectivity index is 1.97. The van der Waals surface area contributed by atoms with Crippen LogP contribution in [0.4, 0.5) is 13.2 Å². The zero-order valence-electron chi connectivity index (χ0n) is 16.1. The molecule has 1 heterocycles. The van der Waals surface area contributed by atoms with Crippen molar-refractivity contribution in [2.45, 2.75) is 46.0 Å². The molecule has 0 saturated carbocycles. The second-order valence-corrected chi connectivity index (χ2v) is 6.18. The van der Waals surface area contributed by atoms with Gasteiger partial charge in [0.1, 0.15) is 0 Å². The largest absolute Gasteiger partial charge is 0.416 e. The number of aryl methyl sites for hydroxylation is 2.